The third kappa shape index (κ3) is 3.93. The van der Waals surface area contributed by atoms with Crippen LogP contribution < -0.4 is 10.1 Å². The number of para-hydroxylation sites is 1. The standard InChI is InChI=1S/C16H22N2O/c1-4-16(2,3)18-9-10-19-14-11-13-7-5-6-8-15(13)17-12-14/h5-8,11-12,18H,4,9-10H2,1-3H3. The van der Waals surface area contributed by atoms with E-state index < -0.39 is 0 Å². The number of nitrogens with zero attached hydrogens (tertiary/aromatic N) is 1. The van der Waals surface area contributed by atoms with Gasteiger partial charge in [-0.1, -0.05) is 25.1 Å². The molecule has 3 heteroatoms. The van der Waals surface area contributed by atoms with Crippen LogP contribution in [0.5, 0.6) is 5.75 Å². The molecule has 1 aromatic carbocycles. The molecule has 0 fully saturated rings. The van der Waals surface area contributed by atoms with Gasteiger partial charge in [-0.25, -0.2) is 0 Å². The second-order valence-corrected chi connectivity index (χ2v) is 5.38. The number of hydrogen-bond acceptors (Lipinski definition) is 3. The number of ether oxygens (including phenoxy) is 1. The van der Waals surface area contributed by atoms with Gasteiger partial charge in [0.15, 0.2) is 0 Å². The predicted octanol–water partition coefficient (Wildman–Crippen LogP) is 3.39. The topological polar surface area (TPSA) is 34.1 Å². The van der Waals surface area contributed by atoms with Crippen LogP contribution in [-0.4, -0.2) is 23.7 Å². The summed E-state index contributed by atoms with van der Waals surface area (Å²) in [6, 6.07) is 10.1. The molecule has 1 aromatic heterocycles. The second kappa shape index (κ2) is 6.02. The van der Waals surface area contributed by atoms with Gasteiger partial charge < -0.3 is 10.1 Å². The first-order chi connectivity index (χ1) is 9.11. The fourth-order valence-electron chi connectivity index (χ4n) is 1.81. The van der Waals surface area contributed by atoms with Crippen molar-refractivity contribution in [3.63, 3.8) is 0 Å². The Hall–Kier alpha value is -1.61. The molecule has 0 saturated heterocycles. The van der Waals surface area contributed by atoms with Crippen LogP contribution in [0.1, 0.15) is 27.2 Å². The third-order valence-electron chi connectivity index (χ3n) is 3.42. The Labute approximate surface area is 115 Å². The Morgan fingerprint density at radius 2 is 2.05 bits per heavy atom. The van der Waals surface area contributed by atoms with Gasteiger partial charge in [-0.3, -0.25) is 4.98 Å². The highest BCUT2D eigenvalue weighted by Crippen LogP contribution is 2.17. The first-order valence-electron chi connectivity index (χ1n) is 6.83. The van der Waals surface area contributed by atoms with Crippen molar-refractivity contribution in [2.45, 2.75) is 32.7 Å². The molecular formula is C16H22N2O. The molecule has 0 bridgehead atoms. The number of benzene rings is 1. The number of rotatable bonds is 6. The first kappa shape index (κ1) is 13.8. The van der Waals surface area contributed by atoms with Crippen LogP contribution in [0.3, 0.4) is 0 Å². The van der Waals surface area contributed by atoms with Gasteiger partial charge in [-0.2, -0.15) is 0 Å². The maximum absolute atomic E-state index is 5.73. The Morgan fingerprint density at radius 3 is 2.84 bits per heavy atom. The van der Waals surface area contributed by atoms with Gasteiger partial charge in [-0.05, 0) is 32.4 Å². The summed E-state index contributed by atoms with van der Waals surface area (Å²) in [5.41, 5.74) is 1.17. The van der Waals surface area contributed by atoms with Crippen LogP contribution in [0.25, 0.3) is 10.9 Å². The lowest BCUT2D eigenvalue weighted by atomic mass is 10.0. The zero-order chi connectivity index (χ0) is 13.7. The Bertz CT molecular complexity index is 537. The molecule has 0 aliphatic rings. The van der Waals surface area contributed by atoms with Crippen molar-refractivity contribution >= 4 is 10.9 Å². The summed E-state index contributed by atoms with van der Waals surface area (Å²) in [6.07, 6.45) is 2.89. The largest absolute Gasteiger partial charge is 0.491 e. The summed E-state index contributed by atoms with van der Waals surface area (Å²) in [4.78, 5) is 4.38. The van der Waals surface area contributed by atoms with Gasteiger partial charge in [0.25, 0.3) is 0 Å². The molecule has 0 saturated carbocycles. The summed E-state index contributed by atoms with van der Waals surface area (Å²) >= 11 is 0. The molecule has 0 amide bonds. The molecular weight excluding hydrogens is 236 g/mol. The SMILES string of the molecule is CCC(C)(C)NCCOc1cnc2ccccc2c1. The number of hydrogen-bond donors (Lipinski definition) is 1. The molecule has 1 heterocycles. The van der Waals surface area contributed by atoms with E-state index in [4.69, 9.17) is 4.74 Å². The van der Waals surface area contributed by atoms with E-state index in [2.05, 4.69) is 31.1 Å². The van der Waals surface area contributed by atoms with E-state index in [0.29, 0.717) is 6.61 Å². The highest BCUT2D eigenvalue weighted by Gasteiger charge is 2.12. The van der Waals surface area contributed by atoms with E-state index >= 15 is 0 Å². The van der Waals surface area contributed by atoms with Crippen LogP contribution in [0, 0.1) is 0 Å². The van der Waals surface area contributed by atoms with Crippen molar-refractivity contribution in [2.24, 2.45) is 0 Å². The molecule has 1 N–H and O–H groups in total. The van der Waals surface area contributed by atoms with Crippen molar-refractivity contribution < 1.29 is 4.74 Å². The van der Waals surface area contributed by atoms with Gasteiger partial charge in [0, 0.05) is 17.5 Å². The number of aromatic nitrogens is 1. The lowest BCUT2D eigenvalue weighted by molar-refractivity contribution is 0.280. The van der Waals surface area contributed by atoms with E-state index in [9.17, 15) is 0 Å². The van der Waals surface area contributed by atoms with E-state index in [1.165, 1.54) is 0 Å². The zero-order valence-corrected chi connectivity index (χ0v) is 11.9. The maximum Gasteiger partial charge on any atom is 0.138 e. The lowest BCUT2D eigenvalue weighted by Gasteiger charge is -2.24. The maximum atomic E-state index is 5.73. The highest BCUT2D eigenvalue weighted by molar-refractivity contribution is 5.79. The summed E-state index contributed by atoms with van der Waals surface area (Å²) in [5, 5.41) is 4.58. The Morgan fingerprint density at radius 1 is 1.26 bits per heavy atom. The average molecular weight is 258 g/mol. The number of nitrogens with one attached hydrogen (secondary N) is 1. The van der Waals surface area contributed by atoms with E-state index in [1.54, 1.807) is 6.20 Å². The molecule has 0 aliphatic heterocycles. The van der Waals surface area contributed by atoms with Gasteiger partial charge in [0.2, 0.25) is 0 Å². The normalized spacial score (nSPS) is 11.7. The molecule has 0 spiro atoms. The molecule has 19 heavy (non-hydrogen) atoms. The fourth-order valence-corrected chi connectivity index (χ4v) is 1.81. The highest BCUT2D eigenvalue weighted by atomic mass is 16.5. The van der Waals surface area contributed by atoms with Crippen LogP contribution in [0.4, 0.5) is 0 Å². The smallest absolute Gasteiger partial charge is 0.138 e. The van der Waals surface area contributed by atoms with Crippen molar-refractivity contribution in [3.05, 3.63) is 36.5 Å². The summed E-state index contributed by atoms with van der Waals surface area (Å²) in [5.74, 6) is 0.829. The van der Waals surface area contributed by atoms with Crippen LogP contribution in [0.15, 0.2) is 36.5 Å². The molecule has 0 radical (unpaired) electrons. The van der Waals surface area contributed by atoms with Crippen molar-refractivity contribution in [2.75, 3.05) is 13.2 Å². The first-order valence-corrected chi connectivity index (χ1v) is 6.83. The molecule has 0 atom stereocenters. The number of fused-ring (bicyclic) bond motifs is 1. The lowest BCUT2D eigenvalue weighted by Crippen LogP contribution is -2.40. The van der Waals surface area contributed by atoms with Gasteiger partial charge in [0.05, 0.1) is 11.7 Å². The Balaban J connectivity index is 1.88. The zero-order valence-electron chi connectivity index (χ0n) is 11.9. The fraction of sp³-hybridized carbons (Fsp3) is 0.438. The third-order valence-corrected chi connectivity index (χ3v) is 3.42. The minimum Gasteiger partial charge on any atom is -0.491 e. The monoisotopic (exact) mass is 258 g/mol. The van der Waals surface area contributed by atoms with Crippen molar-refractivity contribution in [1.29, 1.82) is 0 Å². The minimum atomic E-state index is 0.172. The van der Waals surface area contributed by atoms with E-state index in [0.717, 1.165) is 29.6 Å². The molecule has 3 nitrogen and oxygen atoms in total. The summed E-state index contributed by atoms with van der Waals surface area (Å²) in [6.45, 7) is 8.08. The van der Waals surface area contributed by atoms with E-state index in [1.807, 2.05) is 30.3 Å². The Kier molecular flexibility index (Phi) is 4.38. The minimum absolute atomic E-state index is 0.172. The molecule has 0 unspecified atom stereocenters. The van der Waals surface area contributed by atoms with Crippen LogP contribution in [0.2, 0.25) is 0 Å². The average Bonchev–Trinajstić information content (AvgIpc) is 2.43. The van der Waals surface area contributed by atoms with Crippen LogP contribution >= 0.6 is 0 Å². The molecule has 2 aromatic rings. The summed E-state index contributed by atoms with van der Waals surface area (Å²) < 4.78 is 5.73. The van der Waals surface area contributed by atoms with Crippen molar-refractivity contribution in [3.8, 4) is 5.75 Å². The second-order valence-electron chi connectivity index (χ2n) is 5.38. The van der Waals surface area contributed by atoms with Gasteiger partial charge >= 0.3 is 0 Å². The predicted molar refractivity (Wildman–Crippen MR) is 79.6 cm³/mol. The van der Waals surface area contributed by atoms with Gasteiger partial charge in [0.1, 0.15) is 12.4 Å². The molecule has 102 valence electrons. The van der Waals surface area contributed by atoms with Crippen LogP contribution in [-0.2, 0) is 0 Å². The van der Waals surface area contributed by atoms with Crippen molar-refractivity contribution in [1.82, 2.24) is 10.3 Å². The molecule has 0 aliphatic carbocycles. The van der Waals surface area contributed by atoms with E-state index in [-0.39, 0.29) is 5.54 Å². The van der Waals surface area contributed by atoms with Gasteiger partial charge in [-0.15, -0.1) is 0 Å². The quantitative estimate of drug-likeness (QED) is 0.806. The number of pyridine rings is 1. The molecule has 2 rings (SSSR count). The summed E-state index contributed by atoms with van der Waals surface area (Å²) in [7, 11) is 0.